The predicted molar refractivity (Wildman–Crippen MR) is 75.4 cm³/mol. The SMILES string of the molecule is COc1cccc(CC(=O)NCCc2cncnc2)c1. The molecule has 1 aromatic carbocycles. The van der Waals surface area contributed by atoms with E-state index in [2.05, 4.69) is 15.3 Å². The molecule has 1 heterocycles. The third-order valence-electron chi connectivity index (χ3n) is 2.85. The molecule has 0 aliphatic rings. The molecule has 0 bridgehead atoms. The lowest BCUT2D eigenvalue weighted by atomic mass is 10.1. The van der Waals surface area contributed by atoms with Gasteiger partial charge >= 0.3 is 0 Å². The molecule has 0 fully saturated rings. The van der Waals surface area contributed by atoms with E-state index in [-0.39, 0.29) is 5.91 Å². The summed E-state index contributed by atoms with van der Waals surface area (Å²) in [5.74, 6) is 0.756. The van der Waals surface area contributed by atoms with Gasteiger partial charge in [-0.25, -0.2) is 9.97 Å². The number of ether oxygens (including phenoxy) is 1. The Morgan fingerprint density at radius 2 is 2.05 bits per heavy atom. The van der Waals surface area contributed by atoms with E-state index in [0.29, 0.717) is 13.0 Å². The zero-order chi connectivity index (χ0) is 14.2. The second-order valence-electron chi connectivity index (χ2n) is 4.37. The Morgan fingerprint density at radius 1 is 1.25 bits per heavy atom. The molecule has 20 heavy (non-hydrogen) atoms. The van der Waals surface area contributed by atoms with Gasteiger partial charge in [-0.3, -0.25) is 4.79 Å². The van der Waals surface area contributed by atoms with E-state index in [4.69, 9.17) is 4.74 Å². The standard InChI is InChI=1S/C15H17N3O2/c1-20-14-4-2-3-12(7-14)8-15(19)18-6-5-13-9-16-11-17-10-13/h2-4,7,9-11H,5-6,8H2,1H3,(H,18,19). The maximum atomic E-state index is 11.8. The number of aromatic nitrogens is 2. The molecule has 2 rings (SSSR count). The Kier molecular flexibility index (Phi) is 5.06. The van der Waals surface area contributed by atoms with Crippen molar-refractivity contribution in [2.24, 2.45) is 0 Å². The molecule has 0 spiro atoms. The van der Waals surface area contributed by atoms with Crippen LogP contribution in [0, 0.1) is 0 Å². The number of amides is 1. The van der Waals surface area contributed by atoms with E-state index in [0.717, 1.165) is 23.3 Å². The molecule has 0 aliphatic heterocycles. The summed E-state index contributed by atoms with van der Waals surface area (Å²) in [6.07, 6.45) is 6.07. The Labute approximate surface area is 118 Å². The van der Waals surface area contributed by atoms with Crippen LogP contribution in [-0.4, -0.2) is 29.5 Å². The fourth-order valence-electron chi connectivity index (χ4n) is 1.84. The lowest BCUT2D eigenvalue weighted by Gasteiger charge is -2.06. The normalized spacial score (nSPS) is 10.1. The Hall–Kier alpha value is -2.43. The summed E-state index contributed by atoms with van der Waals surface area (Å²) in [5.41, 5.74) is 1.94. The van der Waals surface area contributed by atoms with Gasteiger partial charge in [0.2, 0.25) is 5.91 Å². The zero-order valence-electron chi connectivity index (χ0n) is 11.4. The summed E-state index contributed by atoms with van der Waals surface area (Å²) in [6.45, 7) is 0.580. The summed E-state index contributed by atoms with van der Waals surface area (Å²) in [4.78, 5) is 19.7. The van der Waals surface area contributed by atoms with E-state index >= 15 is 0 Å². The highest BCUT2D eigenvalue weighted by atomic mass is 16.5. The van der Waals surface area contributed by atoms with Crippen LogP contribution in [0.15, 0.2) is 43.0 Å². The molecule has 2 aromatic rings. The number of hydrogen-bond donors (Lipinski definition) is 1. The van der Waals surface area contributed by atoms with Crippen LogP contribution in [0.1, 0.15) is 11.1 Å². The molecule has 0 aliphatic carbocycles. The number of hydrogen-bond acceptors (Lipinski definition) is 4. The Balaban J connectivity index is 1.77. The first-order valence-electron chi connectivity index (χ1n) is 6.41. The molecule has 5 nitrogen and oxygen atoms in total. The Morgan fingerprint density at radius 3 is 2.80 bits per heavy atom. The van der Waals surface area contributed by atoms with E-state index < -0.39 is 0 Å². The number of methoxy groups -OCH3 is 1. The molecular formula is C15H17N3O2. The molecule has 1 amide bonds. The minimum Gasteiger partial charge on any atom is -0.497 e. The number of carbonyl (C=O) groups excluding carboxylic acids is 1. The summed E-state index contributed by atoms with van der Waals surface area (Å²) >= 11 is 0. The molecule has 1 aromatic heterocycles. The summed E-state index contributed by atoms with van der Waals surface area (Å²) in [7, 11) is 1.61. The van der Waals surface area contributed by atoms with Crippen molar-refractivity contribution >= 4 is 5.91 Å². The van der Waals surface area contributed by atoms with Crippen LogP contribution in [0.4, 0.5) is 0 Å². The highest BCUT2D eigenvalue weighted by Crippen LogP contribution is 2.12. The number of carbonyl (C=O) groups is 1. The van der Waals surface area contributed by atoms with Crippen LogP contribution in [0.2, 0.25) is 0 Å². The van der Waals surface area contributed by atoms with Gasteiger partial charge in [0, 0.05) is 18.9 Å². The topological polar surface area (TPSA) is 64.1 Å². The highest BCUT2D eigenvalue weighted by Gasteiger charge is 2.04. The van der Waals surface area contributed by atoms with Crippen molar-refractivity contribution in [2.45, 2.75) is 12.8 Å². The molecule has 0 unspecified atom stereocenters. The quantitative estimate of drug-likeness (QED) is 0.862. The van der Waals surface area contributed by atoms with Crippen molar-refractivity contribution in [3.05, 3.63) is 54.1 Å². The fraction of sp³-hybridized carbons (Fsp3) is 0.267. The van der Waals surface area contributed by atoms with Gasteiger partial charge in [0.05, 0.1) is 13.5 Å². The van der Waals surface area contributed by atoms with Gasteiger partial charge in [0.15, 0.2) is 0 Å². The maximum Gasteiger partial charge on any atom is 0.224 e. The summed E-state index contributed by atoms with van der Waals surface area (Å²) < 4.78 is 5.13. The Bertz CT molecular complexity index is 558. The van der Waals surface area contributed by atoms with E-state index in [1.165, 1.54) is 6.33 Å². The number of nitrogens with one attached hydrogen (secondary N) is 1. The van der Waals surface area contributed by atoms with Crippen LogP contribution in [0.5, 0.6) is 5.75 Å². The molecule has 0 radical (unpaired) electrons. The lowest BCUT2D eigenvalue weighted by molar-refractivity contribution is -0.120. The van der Waals surface area contributed by atoms with Crippen LogP contribution in [0.25, 0.3) is 0 Å². The fourth-order valence-corrected chi connectivity index (χ4v) is 1.84. The third kappa shape index (κ3) is 4.35. The molecule has 0 saturated carbocycles. The second kappa shape index (κ2) is 7.23. The number of rotatable bonds is 6. The van der Waals surface area contributed by atoms with Gasteiger partial charge in [-0.15, -0.1) is 0 Å². The van der Waals surface area contributed by atoms with Gasteiger partial charge < -0.3 is 10.1 Å². The maximum absolute atomic E-state index is 11.8. The largest absolute Gasteiger partial charge is 0.497 e. The average Bonchev–Trinajstić information content (AvgIpc) is 2.48. The van der Waals surface area contributed by atoms with Crippen molar-refractivity contribution < 1.29 is 9.53 Å². The third-order valence-corrected chi connectivity index (χ3v) is 2.85. The van der Waals surface area contributed by atoms with Crippen LogP contribution in [0.3, 0.4) is 0 Å². The zero-order valence-corrected chi connectivity index (χ0v) is 11.4. The monoisotopic (exact) mass is 271 g/mol. The van der Waals surface area contributed by atoms with Gasteiger partial charge in [-0.05, 0) is 29.7 Å². The van der Waals surface area contributed by atoms with Crippen molar-refractivity contribution in [2.75, 3.05) is 13.7 Å². The van der Waals surface area contributed by atoms with Gasteiger partial charge in [0.1, 0.15) is 12.1 Å². The minimum absolute atomic E-state index is 0.00453. The number of nitrogens with zero attached hydrogens (tertiary/aromatic N) is 2. The van der Waals surface area contributed by atoms with Gasteiger partial charge in [-0.1, -0.05) is 12.1 Å². The predicted octanol–water partition coefficient (Wildman–Crippen LogP) is 1.39. The molecular weight excluding hydrogens is 254 g/mol. The second-order valence-corrected chi connectivity index (χ2v) is 4.37. The smallest absolute Gasteiger partial charge is 0.224 e. The highest BCUT2D eigenvalue weighted by molar-refractivity contribution is 5.78. The van der Waals surface area contributed by atoms with Crippen LogP contribution < -0.4 is 10.1 Å². The van der Waals surface area contributed by atoms with E-state index in [1.807, 2.05) is 24.3 Å². The molecule has 0 atom stereocenters. The molecule has 5 heteroatoms. The first-order valence-corrected chi connectivity index (χ1v) is 6.41. The van der Waals surface area contributed by atoms with E-state index in [9.17, 15) is 4.79 Å². The molecule has 104 valence electrons. The van der Waals surface area contributed by atoms with Crippen LogP contribution >= 0.6 is 0 Å². The van der Waals surface area contributed by atoms with Gasteiger partial charge in [0.25, 0.3) is 0 Å². The first-order chi connectivity index (χ1) is 9.78. The van der Waals surface area contributed by atoms with Crippen molar-refractivity contribution in [3.63, 3.8) is 0 Å². The summed E-state index contributed by atoms with van der Waals surface area (Å²) in [5, 5.41) is 2.88. The first kappa shape index (κ1) is 14.0. The molecule has 1 N–H and O–H groups in total. The minimum atomic E-state index is -0.00453. The lowest BCUT2D eigenvalue weighted by Crippen LogP contribution is -2.27. The van der Waals surface area contributed by atoms with Gasteiger partial charge in [-0.2, -0.15) is 0 Å². The number of benzene rings is 1. The van der Waals surface area contributed by atoms with Crippen molar-refractivity contribution in [1.82, 2.24) is 15.3 Å². The van der Waals surface area contributed by atoms with Crippen molar-refractivity contribution in [3.8, 4) is 5.75 Å². The van der Waals surface area contributed by atoms with Crippen LogP contribution in [-0.2, 0) is 17.6 Å². The van der Waals surface area contributed by atoms with Crippen molar-refractivity contribution in [1.29, 1.82) is 0 Å². The average molecular weight is 271 g/mol. The molecule has 0 saturated heterocycles. The van der Waals surface area contributed by atoms with E-state index in [1.54, 1.807) is 19.5 Å². The summed E-state index contributed by atoms with van der Waals surface area (Å²) in [6, 6.07) is 7.51.